The van der Waals surface area contributed by atoms with E-state index in [1.807, 2.05) is 25.1 Å². The smallest absolute Gasteiger partial charge is 0.277 e. The zero-order valence-corrected chi connectivity index (χ0v) is 17.7. The molecule has 0 radical (unpaired) electrons. The number of ether oxygens (including phenoxy) is 1. The number of amides is 2. The first kappa shape index (κ1) is 21.5. The molecule has 1 atom stereocenters. The Labute approximate surface area is 176 Å². The Balaban J connectivity index is 1.57. The van der Waals surface area contributed by atoms with E-state index < -0.39 is 17.4 Å². The Morgan fingerprint density at radius 1 is 1.27 bits per heavy atom. The Bertz CT molecular complexity index is 1000. The van der Waals surface area contributed by atoms with Crippen molar-refractivity contribution in [2.24, 2.45) is 5.10 Å². The first-order chi connectivity index (χ1) is 14.2. The van der Waals surface area contributed by atoms with Crippen molar-refractivity contribution in [3.8, 4) is 5.75 Å². The third kappa shape index (κ3) is 4.52. The van der Waals surface area contributed by atoms with Crippen molar-refractivity contribution < 1.29 is 19.4 Å². The third-order valence-electron chi connectivity index (χ3n) is 5.10. The summed E-state index contributed by atoms with van der Waals surface area (Å²) >= 11 is 0. The Morgan fingerprint density at radius 2 is 2.00 bits per heavy atom. The van der Waals surface area contributed by atoms with Crippen LogP contribution in [0.15, 0.2) is 47.6 Å². The minimum absolute atomic E-state index is 0.0350. The number of anilines is 1. The van der Waals surface area contributed by atoms with Crippen LogP contribution >= 0.6 is 0 Å². The molecule has 1 aliphatic heterocycles. The number of aliphatic hydroxyl groups is 1. The van der Waals surface area contributed by atoms with Crippen LogP contribution in [-0.4, -0.2) is 29.2 Å². The normalized spacial score (nSPS) is 18.2. The number of rotatable bonds is 7. The number of carbonyl (C=O) groups excluding carboxylic acids is 2. The van der Waals surface area contributed by atoms with Gasteiger partial charge in [0.1, 0.15) is 5.75 Å². The standard InChI is InChI=1S/C23H27N3O4/c1-14(2)17-9-10-20(15(3)11-17)30-13-21(27)26-25-16(4)12-23(29)18-7-5-6-8-19(18)24-22(23)28/h5-11,14,29H,12-13H2,1-4H3,(H,24,28)(H,26,27)/b25-16+. The van der Waals surface area contributed by atoms with Crippen LogP contribution in [0.3, 0.4) is 0 Å². The molecular formula is C23H27N3O4. The number of nitrogens with one attached hydrogen (secondary N) is 2. The average molecular weight is 409 g/mol. The number of benzene rings is 2. The molecule has 7 heteroatoms. The van der Waals surface area contributed by atoms with Crippen molar-refractivity contribution in [1.29, 1.82) is 0 Å². The second kappa shape index (κ2) is 8.67. The molecule has 30 heavy (non-hydrogen) atoms. The molecule has 0 saturated carbocycles. The summed E-state index contributed by atoms with van der Waals surface area (Å²) in [6.07, 6.45) is -0.0350. The lowest BCUT2D eigenvalue weighted by Crippen LogP contribution is -2.36. The van der Waals surface area contributed by atoms with Gasteiger partial charge < -0.3 is 15.2 Å². The highest BCUT2D eigenvalue weighted by molar-refractivity contribution is 6.07. The van der Waals surface area contributed by atoms with E-state index in [1.54, 1.807) is 31.2 Å². The molecule has 2 aromatic carbocycles. The van der Waals surface area contributed by atoms with Crippen LogP contribution < -0.4 is 15.5 Å². The van der Waals surface area contributed by atoms with Gasteiger partial charge in [-0.2, -0.15) is 5.10 Å². The second-order valence-electron chi connectivity index (χ2n) is 7.89. The predicted molar refractivity (Wildman–Crippen MR) is 116 cm³/mol. The second-order valence-corrected chi connectivity index (χ2v) is 7.89. The zero-order chi connectivity index (χ0) is 21.9. The van der Waals surface area contributed by atoms with Gasteiger partial charge in [-0.15, -0.1) is 0 Å². The number of fused-ring (bicyclic) bond motifs is 1. The first-order valence-electron chi connectivity index (χ1n) is 9.89. The summed E-state index contributed by atoms with van der Waals surface area (Å²) in [5.74, 6) is 0.129. The molecule has 1 unspecified atom stereocenters. The molecule has 0 aliphatic carbocycles. The number of hydrogen-bond acceptors (Lipinski definition) is 5. The first-order valence-corrected chi connectivity index (χ1v) is 9.89. The van der Waals surface area contributed by atoms with Crippen molar-refractivity contribution in [2.75, 3.05) is 11.9 Å². The van der Waals surface area contributed by atoms with Crippen LogP contribution in [0, 0.1) is 6.92 Å². The summed E-state index contributed by atoms with van der Waals surface area (Å²) in [4.78, 5) is 24.4. The van der Waals surface area contributed by atoms with Gasteiger partial charge in [0.2, 0.25) is 0 Å². The van der Waals surface area contributed by atoms with Crippen molar-refractivity contribution in [3.63, 3.8) is 0 Å². The van der Waals surface area contributed by atoms with E-state index in [9.17, 15) is 14.7 Å². The summed E-state index contributed by atoms with van der Waals surface area (Å²) in [5, 5.41) is 17.5. The summed E-state index contributed by atoms with van der Waals surface area (Å²) in [5.41, 5.74) is 4.36. The van der Waals surface area contributed by atoms with E-state index in [0.29, 0.717) is 28.6 Å². The Hall–Kier alpha value is -3.19. The van der Waals surface area contributed by atoms with Gasteiger partial charge in [-0.05, 0) is 43.0 Å². The van der Waals surface area contributed by atoms with Gasteiger partial charge in [-0.3, -0.25) is 9.59 Å². The summed E-state index contributed by atoms with van der Waals surface area (Å²) in [7, 11) is 0. The predicted octanol–water partition coefficient (Wildman–Crippen LogP) is 3.22. The Morgan fingerprint density at radius 3 is 2.70 bits per heavy atom. The van der Waals surface area contributed by atoms with Gasteiger partial charge in [0, 0.05) is 23.4 Å². The maximum absolute atomic E-state index is 12.3. The molecular weight excluding hydrogens is 382 g/mol. The van der Waals surface area contributed by atoms with Crippen LogP contribution in [0.1, 0.15) is 49.8 Å². The Kier molecular flexibility index (Phi) is 6.22. The van der Waals surface area contributed by atoms with Crippen molar-refractivity contribution in [1.82, 2.24) is 5.43 Å². The van der Waals surface area contributed by atoms with Crippen LogP contribution in [0.5, 0.6) is 5.75 Å². The molecule has 3 rings (SSSR count). The largest absolute Gasteiger partial charge is 0.483 e. The molecule has 1 heterocycles. The van der Waals surface area contributed by atoms with E-state index in [0.717, 1.165) is 5.56 Å². The van der Waals surface area contributed by atoms with Crippen molar-refractivity contribution in [3.05, 3.63) is 59.2 Å². The fourth-order valence-electron chi connectivity index (χ4n) is 3.41. The fourth-order valence-corrected chi connectivity index (χ4v) is 3.41. The van der Waals surface area contributed by atoms with Crippen LogP contribution in [-0.2, 0) is 15.2 Å². The van der Waals surface area contributed by atoms with Crippen LogP contribution in [0.4, 0.5) is 5.69 Å². The highest BCUT2D eigenvalue weighted by Gasteiger charge is 2.45. The molecule has 0 aromatic heterocycles. The molecule has 1 aliphatic rings. The summed E-state index contributed by atoms with van der Waals surface area (Å²) < 4.78 is 5.59. The van der Waals surface area contributed by atoms with Gasteiger partial charge in [-0.1, -0.05) is 44.2 Å². The van der Waals surface area contributed by atoms with Gasteiger partial charge in [0.25, 0.3) is 11.8 Å². The van der Waals surface area contributed by atoms with E-state index in [2.05, 4.69) is 29.7 Å². The monoisotopic (exact) mass is 409 g/mol. The number of hydrogen-bond donors (Lipinski definition) is 3. The quantitative estimate of drug-likeness (QED) is 0.483. The molecule has 0 bridgehead atoms. The molecule has 158 valence electrons. The van der Waals surface area contributed by atoms with Crippen molar-refractivity contribution in [2.45, 2.75) is 45.6 Å². The maximum Gasteiger partial charge on any atom is 0.277 e. The number of aryl methyl sites for hydroxylation is 1. The molecule has 2 aromatic rings. The maximum atomic E-state index is 12.3. The third-order valence-corrected chi connectivity index (χ3v) is 5.10. The lowest BCUT2D eigenvalue weighted by Gasteiger charge is -2.20. The molecule has 0 fully saturated rings. The van der Waals surface area contributed by atoms with Gasteiger partial charge in [-0.25, -0.2) is 5.43 Å². The number of para-hydroxylation sites is 1. The van der Waals surface area contributed by atoms with E-state index >= 15 is 0 Å². The summed E-state index contributed by atoms with van der Waals surface area (Å²) in [6.45, 7) is 7.63. The number of carbonyl (C=O) groups is 2. The zero-order valence-electron chi connectivity index (χ0n) is 17.7. The molecule has 7 nitrogen and oxygen atoms in total. The molecule has 0 saturated heterocycles. The summed E-state index contributed by atoms with van der Waals surface area (Å²) in [6, 6.07) is 12.9. The minimum atomic E-state index is -1.71. The fraction of sp³-hybridized carbons (Fsp3) is 0.348. The number of hydrazone groups is 1. The van der Waals surface area contributed by atoms with Gasteiger partial charge >= 0.3 is 0 Å². The van der Waals surface area contributed by atoms with E-state index in [-0.39, 0.29) is 13.0 Å². The SMILES string of the molecule is C/C(CC1(O)C(=O)Nc2ccccc21)=N\NC(=O)COc1ccc(C(C)C)cc1C. The lowest BCUT2D eigenvalue weighted by atomic mass is 9.90. The highest BCUT2D eigenvalue weighted by atomic mass is 16.5. The molecule has 3 N–H and O–H groups in total. The van der Waals surface area contributed by atoms with Gasteiger partial charge in [0.15, 0.2) is 12.2 Å². The topological polar surface area (TPSA) is 100 Å². The molecule has 2 amide bonds. The molecule has 0 spiro atoms. The van der Waals surface area contributed by atoms with Crippen LogP contribution in [0.25, 0.3) is 0 Å². The average Bonchev–Trinajstić information content (AvgIpc) is 2.95. The highest BCUT2D eigenvalue weighted by Crippen LogP contribution is 2.38. The van der Waals surface area contributed by atoms with Gasteiger partial charge in [0.05, 0.1) is 0 Å². The van der Waals surface area contributed by atoms with Crippen LogP contribution in [0.2, 0.25) is 0 Å². The van der Waals surface area contributed by atoms with Crippen molar-refractivity contribution >= 4 is 23.2 Å². The minimum Gasteiger partial charge on any atom is -0.483 e. The number of nitrogens with zero attached hydrogens (tertiary/aromatic N) is 1. The lowest BCUT2D eigenvalue weighted by molar-refractivity contribution is -0.132. The van der Waals surface area contributed by atoms with E-state index in [4.69, 9.17) is 4.74 Å². The van der Waals surface area contributed by atoms with E-state index in [1.165, 1.54) is 5.56 Å².